The van der Waals surface area contributed by atoms with Crippen LogP contribution in [-0.2, 0) is 12.4 Å². The zero-order valence-electron chi connectivity index (χ0n) is 31.9. The quantitative estimate of drug-likeness (QED) is 0.105. The van der Waals surface area contributed by atoms with Gasteiger partial charge in [0, 0.05) is 5.56 Å². The summed E-state index contributed by atoms with van der Waals surface area (Å²) in [4.78, 5) is 0. The van der Waals surface area contributed by atoms with Crippen LogP contribution in [0.1, 0.15) is 100 Å². The van der Waals surface area contributed by atoms with E-state index >= 15 is 0 Å². The fourth-order valence-electron chi connectivity index (χ4n) is 7.20. The molecule has 14 heteroatoms. The molecule has 0 bridgehead atoms. The Morgan fingerprint density at radius 2 is 1.00 bits per heavy atom. The standard InChI is InChI=1S/C22H21F5.C15H21BO2.C7H2BrF5/c1-2-3-14-4-6-15(7-5-14)16-8-10-17(11-9-16)18-12-13-19(23)20(21(18)24)22(25,26)27;1-2-3-12-4-6-13(7-5-12)14-8-10-15(11-9-14)16(17)18;8-3-1-2-4(9)5(6(3)10)7(11,12)13/h6,8-14H,2-5,7H2,1H3;6,8-12,17-18H,2-5,7H2,1H3;1-2H. The van der Waals surface area contributed by atoms with Crippen molar-refractivity contribution in [3.05, 3.63) is 135 Å². The fourth-order valence-corrected chi connectivity index (χ4v) is 7.53. The summed E-state index contributed by atoms with van der Waals surface area (Å²) in [6, 6.07) is 17.4. The Labute approximate surface area is 341 Å². The predicted octanol–water partition coefficient (Wildman–Crippen LogP) is 13.7. The minimum atomic E-state index is -5.08. The van der Waals surface area contributed by atoms with E-state index in [2.05, 4.69) is 41.9 Å². The van der Waals surface area contributed by atoms with E-state index in [4.69, 9.17) is 10.0 Å². The smallest absolute Gasteiger partial charge is 0.423 e. The zero-order valence-corrected chi connectivity index (χ0v) is 33.5. The average Bonchev–Trinajstić information content (AvgIpc) is 3.17. The van der Waals surface area contributed by atoms with Crippen LogP contribution in [0.5, 0.6) is 0 Å². The molecule has 0 aliphatic heterocycles. The van der Waals surface area contributed by atoms with Crippen LogP contribution in [0, 0.1) is 35.1 Å². The highest BCUT2D eigenvalue weighted by Crippen LogP contribution is 2.39. The van der Waals surface area contributed by atoms with Crippen molar-refractivity contribution < 1.29 is 54.0 Å². The van der Waals surface area contributed by atoms with E-state index in [1.807, 2.05) is 12.1 Å². The topological polar surface area (TPSA) is 40.5 Å². The number of hydrogen-bond acceptors (Lipinski definition) is 2. The van der Waals surface area contributed by atoms with Crippen molar-refractivity contribution in [1.29, 1.82) is 0 Å². The summed E-state index contributed by atoms with van der Waals surface area (Å²) >= 11 is 2.53. The molecule has 0 saturated heterocycles. The van der Waals surface area contributed by atoms with Gasteiger partial charge in [-0.1, -0.05) is 100 Å². The molecule has 2 N–H and O–H groups in total. The molecule has 2 nitrogen and oxygen atoms in total. The van der Waals surface area contributed by atoms with Crippen LogP contribution in [0.2, 0.25) is 0 Å². The molecule has 6 rings (SSSR count). The van der Waals surface area contributed by atoms with Gasteiger partial charge in [-0.2, -0.15) is 26.3 Å². The Kier molecular flexibility index (Phi) is 16.9. The minimum Gasteiger partial charge on any atom is -0.423 e. The summed E-state index contributed by atoms with van der Waals surface area (Å²) in [6.45, 7) is 4.43. The summed E-state index contributed by atoms with van der Waals surface area (Å²) in [5, 5.41) is 18.1. The lowest BCUT2D eigenvalue weighted by molar-refractivity contribution is -0.143. The molecule has 2 unspecified atom stereocenters. The fraction of sp³-hybridized carbons (Fsp3) is 0.364. The molecule has 0 aromatic heterocycles. The second-order valence-electron chi connectivity index (χ2n) is 14.4. The maximum atomic E-state index is 14.3. The van der Waals surface area contributed by atoms with Gasteiger partial charge in [-0.25, -0.2) is 17.6 Å². The number of allylic oxidation sites excluding steroid dienone is 4. The molecular formula is C44H44BBrF10O2. The number of benzene rings is 4. The molecule has 0 saturated carbocycles. The number of alkyl halides is 6. The van der Waals surface area contributed by atoms with Crippen molar-refractivity contribution in [3.63, 3.8) is 0 Å². The lowest BCUT2D eigenvalue weighted by Crippen LogP contribution is -2.29. The van der Waals surface area contributed by atoms with E-state index in [1.165, 1.54) is 55.2 Å². The molecule has 58 heavy (non-hydrogen) atoms. The molecule has 0 radical (unpaired) electrons. The van der Waals surface area contributed by atoms with Crippen LogP contribution in [0.25, 0.3) is 22.3 Å². The van der Waals surface area contributed by atoms with Crippen LogP contribution in [0.4, 0.5) is 43.9 Å². The molecule has 0 heterocycles. The van der Waals surface area contributed by atoms with E-state index in [0.717, 1.165) is 49.3 Å². The lowest BCUT2D eigenvalue weighted by atomic mass is 9.79. The van der Waals surface area contributed by atoms with E-state index in [0.29, 0.717) is 29.1 Å². The molecule has 4 aromatic carbocycles. The van der Waals surface area contributed by atoms with E-state index in [1.54, 1.807) is 36.4 Å². The van der Waals surface area contributed by atoms with Gasteiger partial charge in [-0.15, -0.1) is 0 Å². The second kappa shape index (κ2) is 20.9. The third-order valence-electron chi connectivity index (χ3n) is 10.3. The summed E-state index contributed by atoms with van der Waals surface area (Å²) in [5.74, 6) is -4.85. The number of halogens is 11. The normalized spacial score (nSPS) is 16.9. The predicted molar refractivity (Wildman–Crippen MR) is 213 cm³/mol. The van der Waals surface area contributed by atoms with Gasteiger partial charge in [0.25, 0.3) is 0 Å². The molecule has 2 aliphatic carbocycles. The van der Waals surface area contributed by atoms with Gasteiger partial charge in [0.15, 0.2) is 5.82 Å². The third-order valence-corrected chi connectivity index (χ3v) is 10.9. The Bertz CT molecular complexity index is 2020. The average molecular weight is 886 g/mol. The minimum absolute atomic E-state index is 0.254. The van der Waals surface area contributed by atoms with Crippen molar-refractivity contribution in [2.45, 2.75) is 90.4 Å². The van der Waals surface area contributed by atoms with Gasteiger partial charge in [-0.3, -0.25) is 0 Å². The third kappa shape index (κ3) is 12.6. The summed E-state index contributed by atoms with van der Waals surface area (Å²) in [7, 11) is -1.37. The van der Waals surface area contributed by atoms with E-state index < -0.39 is 58.3 Å². The van der Waals surface area contributed by atoms with Gasteiger partial charge in [-0.05, 0) is 124 Å². The monoisotopic (exact) mass is 884 g/mol. The molecular weight excluding hydrogens is 841 g/mol. The van der Waals surface area contributed by atoms with Crippen molar-refractivity contribution in [2.24, 2.45) is 11.8 Å². The molecule has 0 spiro atoms. The molecule has 4 aromatic rings. The van der Waals surface area contributed by atoms with Gasteiger partial charge < -0.3 is 10.0 Å². The Morgan fingerprint density at radius 3 is 1.38 bits per heavy atom. The first-order valence-corrected chi connectivity index (χ1v) is 19.9. The first-order valence-electron chi connectivity index (χ1n) is 19.1. The first-order chi connectivity index (χ1) is 27.3. The Morgan fingerprint density at radius 1 is 0.586 bits per heavy atom. The van der Waals surface area contributed by atoms with Gasteiger partial charge >= 0.3 is 19.5 Å². The van der Waals surface area contributed by atoms with Crippen molar-refractivity contribution >= 4 is 39.7 Å². The highest BCUT2D eigenvalue weighted by atomic mass is 79.9. The number of rotatable bonds is 8. The van der Waals surface area contributed by atoms with Crippen molar-refractivity contribution in [2.75, 3.05) is 0 Å². The first kappa shape index (κ1) is 46.8. The molecule has 0 amide bonds. The highest BCUT2D eigenvalue weighted by Gasteiger charge is 2.39. The molecule has 0 fully saturated rings. The second-order valence-corrected chi connectivity index (χ2v) is 15.2. The molecule has 2 aliphatic rings. The summed E-state index contributed by atoms with van der Waals surface area (Å²) < 4.78 is 127. The van der Waals surface area contributed by atoms with E-state index in [-0.39, 0.29) is 5.56 Å². The van der Waals surface area contributed by atoms with Crippen LogP contribution < -0.4 is 5.46 Å². The summed E-state index contributed by atoms with van der Waals surface area (Å²) in [6.07, 6.45) is 6.22. The van der Waals surface area contributed by atoms with Crippen LogP contribution >= 0.6 is 15.9 Å². The van der Waals surface area contributed by atoms with Crippen LogP contribution in [0.3, 0.4) is 0 Å². The lowest BCUT2D eigenvalue weighted by Gasteiger charge is -2.21. The Balaban J connectivity index is 0.000000207. The SMILES string of the molecule is CCCC1CC=C(c2ccc(-c3ccc(F)c(C(F)(F)F)c3F)cc2)CC1.CCCC1CC=C(c2ccc(B(O)O)cc2)CC1.Fc1ccc(Br)c(F)c1C(F)(F)F. The van der Waals surface area contributed by atoms with Gasteiger partial charge in [0.05, 0.1) is 4.47 Å². The maximum absolute atomic E-state index is 14.3. The molecule has 2 atom stereocenters. The Hall–Kier alpha value is -3.88. The highest BCUT2D eigenvalue weighted by molar-refractivity contribution is 9.10. The van der Waals surface area contributed by atoms with E-state index in [9.17, 15) is 43.9 Å². The summed E-state index contributed by atoms with van der Waals surface area (Å²) in [5.41, 5.74) is 1.70. The van der Waals surface area contributed by atoms with Crippen molar-refractivity contribution in [1.82, 2.24) is 0 Å². The van der Waals surface area contributed by atoms with Gasteiger partial charge in [0.2, 0.25) is 0 Å². The maximum Gasteiger partial charge on any atom is 0.488 e. The van der Waals surface area contributed by atoms with Crippen LogP contribution in [0.15, 0.2) is 89.4 Å². The molecule has 312 valence electrons. The largest absolute Gasteiger partial charge is 0.488 e. The zero-order chi connectivity index (χ0) is 42.8. The van der Waals surface area contributed by atoms with Crippen molar-refractivity contribution in [3.8, 4) is 11.1 Å². The van der Waals surface area contributed by atoms with Gasteiger partial charge in [0.1, 0.15) is 28.6 Å². The number of hydrogen-bond donors (Lipinski definition) is 2. The van der Waals surface area contributed by atoms with Crippen LogP contribution in [-0.4, -0.2) is 17.2 Å².